The SMILES string of the molecule is CCc1cc2nccc(Oc3ccc(CC(=O)c4cn(C(C)C)nc(-c5ccc(F)cc5)c4=O)nc3)c2cc1OC. The average Bonchev–Trinajstić information content (AvgIpc) is 2.98. The predicted octanol–water partition coefficient (Wildman–Crippen LogP) is 6.36. The molecular formula is C32H29FN4O4. The molecular weight excluding hydrogens is 523 g/mol. The number of halogens is 1. The number of aryl methyl sites for hydroxylation is 1. The summed E-state index contributed by atoms with van der Waals surface area (Å²) in [6, 6.07) is 14.4. The molecule has 8 nitrogen and oxygen atoms in total. The third-order valence-electron chi connectivity index (χ3n) is 6.74. The Morgan fingerprint density at radius 3 is 2.46 bits per heavy atom. The van der Waals surface area contributed by atoms with Gasteiger partial charge in [0.25, 0.3) is 0 Å². The Balaban J connectivity index is 1.39. The summed E-state index contributed by atoms with van der Waals surface area (Å²) in [6.07, 6.45) is 5.41. The lowest BCUT2D eigenvalue weighted by Gasteiger charge is -2.14. The zero-order valence-corrected chi connectivity index (χ0v) is 23.2. The molecule has 5 rings (SSSR count). The number of hydrogen-bond donors (Lipinski definition) is 0. The predicted molar refractivity (Wildman–Crippen MR) is 154 cm³/mol. The van der Waals surface area contributed by atoms with Gasteiger partial charge < -0.3 is 9.47 Å². The molecule has 0 unspecified atom stereocenters. The van der Waals surface area contributed by atoms with E-state index in [1.165, 1.54) is 36.7 Å². The van der Waals surface area contributed by atoms with Crippen molar-refractivity contribution >= 4 is 16.7 Å². The normalized spacial score (nSPS) is 11.2. The molecule has 0 spiro atoms. The molecule has 5 aromatic rings. The number of carbonyl (C=O) groups is 1. The Kier molecular flexibility index (Phi) is 7.87. The highest BCUT2D eigenvalue weighted by atomic mass is 19.1. The molecule has 9 heteroatoms. The maximum Gasteiger partial charge on any atom is 0.218 e. The van der Waals surface area contributed by atoms with Crippen LogP contribution in [0.2, 0.25) is 0 Å². The zero-order valence-electron chi connectivity index (χ0n) is 23.2. The van der Waals surface area contributed by atoms with Crippen LogP contribution in [-0.4, -0.2) is 32.6 Å². The smallest absolute Gasteiger partial charge is 0.218 e. The van der Waals surface area contributed by atoms with Crippen LogP contribution in [0.3, 0.4) is 0 Å². The number of nitrogens with zero attached hydrogens (tertiary/aromatic N) is 4. The summed E-state index contributed by atoms with van der Waals surface area (Å²) >= 11 is 0. The van der Waals surface area contributed by atoms with Crippen LogP contribution < -0.4 is 14.9 Å². The van der Waals surface area contributed by atoms with Crippen LogP contribution in [0.1, 0.15) is 48.4 Å². The number of benzene rings is 2. The molecule has 3 heterocycles. The second kappa shape index (κ2) is 11.7. The van der Waals surface area contributed by atoms with Gasteiger partial charge in [-0.3, -0.25) is 24.2 Å². The number of ether oxygens (including phenoxy) is 2. The van der Waals surface area contributed by atoms with Crippen molar-refractivity contribution in [3.8, 4) is 28.5 Å². The van der Waals surface area contributed by atoms with Gasteiger partial charge in [0, 0.05) is 35.1 Å². The molecule has 208 valence electrons. The van der Waals surface area contributed by atoms with E-state index in [2.05, 4.69) is 22.0 Å². The lowest BCUT2D eigenvalue weighted by Crippen LogP contribution is -2.24. The number of fused-ring (bicyclic) bond motifs is 1. The molecule has 0 aliphatic rings. The zero-order chi connectivity index (χ0) is 29.1. The van der Waals surface area contributed by atoms with Gasteiger partial charge in [-0.05, 0) is 80.4 Å². The second-order valence-corrected chi connectivity index (χ2v) is 9.83. The molecule has 2 aromatic carbocycles. The van der Waals surface area contributed by atoms with Crippen LogP contribution >= 0.6 is 0 Å². The van der Waals surface area contributed by atoms with Gasteiger partial charge in [0.2, 0.25) is 5.43 Å². The third kappa shape index (κ3) is 5.84. The summed E-state index contributed by atoms with van der Waals surface area (Å²) in [5, 5.41) is 5.20. The van der Waals surface area contributed by atoms with Gasteiger partial charge >= 0.3 is 0 Å². The van der Waals surface area contributed by atoms with E-state index < -0.39 is 17.0 Å². The van der Waals surface area contributed by atoms with Gasteiger partial charge in [-0.2, -0.15) is 5.10 Å². The molecule has 3 aromatic heterocycles. The largest absolute Gasteiger partial charge is 0.496 e. The second-order valence-electron chi connectivity index (χ2n) is 9.83. The summed E-state index contributed by atoms with van der Waals surface area (Å²) in [7, 11) is 1.63. The van der Waals surface area contributed by atoms with Crippen molar-refractivity contribution in [3.63, 3.8) is 0 Å². The van der Waals surface area contributed by atoms with Gasteiger partial charge in [0.1, 0.15) is 28.8 Å². The molecule has 0 amide bonds. The lowest BCUT2D eigenvalue weighted by molar-refractivity contribution is 0.0989. The minimum absolute atomic E-state index is 0.00111. The minimum Gasteiger partial charge on any atom is -0.496 e. The molecule has 0 fully saturated rings. The van der Waals surface area contributed by atoms with Gasteiger partial charge in [0.05, 0.1) is 30.8 Å². The molecule has 0 bridgehead atoms. The minimum atomic E-state index is -0.510. The van der Waals surface area contributed by atoms with Crippen molar-refractivity contribution in [3.05, 3.63) is 106 Å². The number of aromatic nitrogens is 4. The molecule has 0 saturated heterocycles. The Morgan fingerprint density at radius 1 is 1.02 bits per heavy atom. The fraction of sp³-hybridized carbons (Fsp3) is 0.219. The molecule has 0 radical (unpaired) electrons. The lowest BCUT2D eigenvalue weighted by atomic mass is 10.0. The number of Topliss-reactive ketones (excluding diaryl/α,β-unsaturated/α-hetero) is 1. The highest BCUT2D eigenvalue weighted by Gasteiger charge is 2.19. The van der Waals surface area contributed by atoms with Crippen molar-refractivity contribution < 1.29 is 18.7 Å². The van der Waals surface area contributed by atoms with Crippen molar-refractivity contribution in [1.82, 2.24) is 19.7 Å². The standard InChI is InChI=1S/C32H29FN4O4/c1-5-20-14-27-25(16-30(20)40-4)29(12-13-34-27)41-24-11-10-23(35-17-24)15-28(38)26-18-37(19(2)3)36-31(32(26)39)21-6-8-22(33)9-7-21/h6-14,16-19H,5,15H2,1-4H3. The number of hydrogen-bond acceptors (Lipinski definition) is 7. The van der Waals surface area contributed by atoms with Crippen LogP contribution in [0.15, 0.2) is 78.0 Å². The van der Waals surface area contributed by atoms with E-state index in [4.69, 9.17) is 9.47 Å². The van der Waals surface area contributed by atoms with Gasteiger partial charge in [-0.15, -0.1) is 0 Å². The van der Waals surface area contributed by atoms with E-state index >= 15 is 0 Å². The van der Waals surface area contributed by atoms with Crippen LogP contribution in [0.4, 0.5) is 4.39 Å². The Labute approximate surface area is 236 Å². The van der Waals surface area contributed by atoms with E-state index in [-0.39, 0.29) is 23.7 Å². The van der Waals surface area contributed by atoms with E-state index in [9.17, 15) is 14.0 Å². The number of carbonyl (C=O) groups excluding carboxylic acids is 1. The number of rotatable bonds is 9. The van der Waals surface area contributed by atoms with Crippen LogP contribution in [-0.2, 0) is 12.8 Å². The summed E-state index contributed by atoms with van der Waals surface area (Å²) < 4.78 is 26.7. The number of pyridine rings is 2. The fourth-order valence-electron chi connectivity index (χ4n) is 4.48. The van der Waals surface area contributed by atoms with Crippen molar-refractivity contribution in [2.45, 2.75) is 39.7 Å². The van der Waals surface area contributed by atoms with Gasteiger partial charge in [0.15, 0.2) is 5.78 Å². The summed E-state index contributed by atoms with van der Waals surface area (Å²) in [5.41, 5.74) is 2.34. The highest BCUT2D eigenvalue weighted by molar-refractivity contribution is 5.97. The third-order valence-corrected chi connectivity index (χ3v) is 6.74. The van der Waals surface area contributed by atoms with E-state index in [0.29, 0.717) is 22.8 Å². The maximum atomic E-state index is 13.5. The topological polar surface area (TPSA) is 96.2 Å². The van der Waals surface area contributed by atoms with Crippen LogP contribution in [0, 0.1) is 5.82 Å². The first-order chi connectivity index (χ1) is 19.8. The quantitative estimate of drug-likeness (QED) is 0.196. The monoisotopic (exact) mass is 552 g/mol. The van der Waals surface area contributed by atoms with E-state index in [1.807, 2.05) is 26.0 Å². The van der Waals surface area contributed by atoms with Crippen LogP contribution in [0.25, 0.3) is 22.2 Å². The Bertz CT molecular complexity index is 1780. The Morgan fingerprint density at radius 2 is 1.80 bits per heavy atom. The van der Waals surface area contributed by atoms with Crippen molar-refractivity contribution in [2.24, 2.45) is 0 Å². The first-order valence-electron chi connectivity index (χ1n) is 13.3. The Hall–Kier alpha value is -4.92. The van der Waals surface area contributed by atoms with Gasteiger partial charge in [-0.25, -0.2) is 4.39 Å². The molecule has 41 heavy (non-hydrogen) atoms. The molecule has 0 atom stereocenters. The number of ketones is 1. The van der Waals surface area contributed by atoms with E-state index in [0.717, 1.165) is 28.6 Å². The molecule has 0 saturated carbocycles. The van der Waals surface area contributed by atoms with Crippen molar-refractivity contribution in [1.29, 1.82) is 0 Å². The summed E-state index contributed by atoms with van der Waals surface area (Å²) in [6.45, 7) is 5.84. The first-order valence-corrected chi connectivity index (χ1v) is 13.3. The number of methoxy groups -OCH3 is 1. The first kappa shape index (κ1) is 27.6. The summed E-state index contributed by atoms with van der Waals surface area (Å²) in [5.74, 6) is 1.03. The highest BCUT2D eigenvalue weighted by Crippen LogP contribution is 2.33. The fourth-order valence-corrected chi connectivity index (χ4v) is 4.48. The van der Waals surface area contributed by atoms with Crippen molar-refractivity contribution in [2.75, 3.05) is 7.11 Å². The van der Waals surface area contributed by atoms with Crippen LogP contribution in [0.5, 0.6) is 17.2 Å². The maximum absolute atomic E-state index is 13.5. The summed E-state index contributed by atoms with van der Waals surface area (Å²) in [4.78, 5) is 35.4. The molecule has 0 aliphatic heterocycles. The average molecular weight is 553 g/mol. The molecule has 0 N–H and O–H groups in total. The van der Waals surface area contributed by atoms with Gasteiger partial charge in [-0.1, -0.05) is 6.92 Å². The van der Waals surface area contributed by atoms with E-state index in [1.54, 1.807) is 36.2 Å². The molecule has 0 aliphatic carbocycles.